The normalized spacial score (nSPS) is 20.2. The third-order valence-corrected chi connectivity index (χ3v) is 4.54. The molecule has 0 aliphatic carbocycles. The van der Waals surface area contributed by atoms with E-state index >= 15 is 0 Å². The van der Waals surface area contributed by atoms with Crippen LogP contribution in [0.5, 0.6) is 0 Å². The molecule has 1 aromatic carbocycles. The molecule has 1 fully saturated rings. The Morgan fingerprint density at radius 1 is 1.08 bits per heavy atom. The Balaban J connectivity index is 1.66. The summed E-state index contributed by atoms with van der Waals surface area (Å²) in [5.41, 5.74) is 0.688. The van der Waals surface area contributed by atoms with Gasteiger partial charge < -0.3 is 10.0 Å². The molecule has 3 rings (SSSR count). The van der Waals surface area contributed by atoms with Crippen LogP contribution in [0.4, 0.5) is 0 Å². The van der Waals surface area contributed by atoms with Gasteiger partial charge in [-0.2, -0.15) is 0 Å². The first-order chi connectivity index (χ1) is 11.5. The molecule has 3 amide bonds. The van der Waals surface area contributed by atoms with Gasteiger partial charge in [0.05, 0.1) is 11.1 Å². The smallest absolute Gasteiger partial charge is 0.326 e. The lowest BCUT2D eigenvalue weighted by atomic mass is 10.0. The lowest BCUT2D eigenvalue weighted by molar-refractivity contribution is -0.152. The van der Waals surface area contributed by atoms with Crippen molar-refractivity contribution in [2.45, 2.75) is 31.7 Å². The van der Waals surface area contributed by atoms with Crippen LogP contribution in [0.25, 0.3) is 0 Å². The zero-order valence-corrected chi connectivity index (χ0v) is 13.1. The van der Waals surface area contributed by atoms with Crippen molar-refractivity contribution in [3.8, 4) is 0 Å². The van der Waals surface area contributed by atoms with Crippen LogP contribution in [-0.2, 0) is 9.59 Å². The summed E-state index contributed by atoms with van der Waals surface area (Å²) in [5.74, 6) is -2.16. The highest BCUT2D eigenvalue weighted by atomic mass is 16.4. The Bertz CT molecular complexity index is 680. The van der Waals surface area contributed by atoms with Crippen molar-refractivity contribution in [1.29, 1.82) is 0 Å². The molecule has 1 N–H and O–H groups in total. The van der Waals surface area contributed by atoms with Crippen LogP contribution in [0.1, 0.15) is 46.4 Å². The first-order valence-corrected chi connectivity index (χ1v) is 7.98. The minimum Gasteiger partial charge on any atom is -0.480 e. The lowest BCUT2D eigenvalue weighted by Crippen LogP contribution is -2.48. The van der Waals surface area contributed by atoms with E-state index in [4.69, 9.17) is 0 Å². The first kappa shape index (κ1) is 16.2. The fourth-order valence-corrected chi connectivity index (χ4v) is 3.28. The van der Waals surface area contributed by atoms with Gasteiger partial charge in [-0.3, -0.25) is 19.3 Å². The number of rotatable bonds is 4. The number of imide groups is 1. The van der Waals surface area contributed by atoms with E-state index < -0.39 is 23.8 Å². The molecule has 0 radical (unpaired) electrons. The fourth-order valence-electron chi connectivity index (χ4n) is 3.28. The second kappa shape index (κ2) is 6.43. The number of likely N-dealkylation sites (tertiary alicyclic amines) is 1. The molecule has 7 nitrogen and oxygen atoms in total. The van der Waals surface area contributed by atoms with Gasteiger partial charge in [-0.1, -0.05) is 12.1 Å². The quantitative estimate of drug-likeness (QED) is 0.835. The maximum absolute atomic E-state index is 12.4. The second-order valence-electron chi connectivity index (χ2n) is 5.99. The third kappa shape index (κ3) is 2.77. The van der Waals surface area contributed by atoms with Crippen molar-refractivity contribution in [2.24, 2.45) is 0 Å². The summed E-state index contributed by atoms with van der Waals surface area (Å²) in [4.78, 5) is 50.6. The van der Waals surface area contributed by atoms with E-state index in [1.54, 1.807) is 24.3 Å². The van der Waals surface area contributed by atoms with Gasteiger partial charge in [-0.15, -0.1) is 0 Å². The second-order valence-corrected chi connectivity index (χ2v) is 5.99. The molecule has 1 aromatic rings. The summed E-state index contributed by atoms with van der Waals surface area (Å²) >= 11 is 0. The van der Waals surface area contributed by atoms with Crippen molar-refractivity contribution in [3.05, 3.63) is 35.4 Å². The monoisotopic (exact) mass is 330 g/mol. The van der Waals surface area contributed by atoms with Crippen molar-refractivity contribution in [1.82, 2.24) is 9.80 Å². The molecule has 0 spiro atoms. The summed E-state index contributed by atoms with van der Waals surface area (Å²) in [7, 11) is 0. The molecule has 7 heteroatoms. The van der Waals surface area contributed by atoms with Gasteiger partial charge in [0, 0.05) is 19.5 Å². The molecular weight excluding hydrogens is 312 g/mol. The number of benzene rings is 1. The van der Waals surface area contributed by atoms with E-state index in [9.17, 15) is 24.3 Å². The molecule has 1 unspecified atom stereocenters. The number of carboxylic acid groups (broad SMARTS) is 1. The highest BCUT2D eigenvalue weighted by Crippen LogP contribution is 2.23. The van der Waals surface area contributed by atoms with Crippen LogP contribution in [0.15, 0.2) is 24.3 Å². The van der Waals surface area contributed by atoms with Gasteiger partial charge in [0.15, 0.2) is 0 Å². The van der Waals surface area contributed by atoms with Crippen LogP contribution in [0, 0.1) is 0 Å². The van der Waals surface area contributed by atoms with Crippen LogP contribution in [-0.4, -0.2) is 57.7 Å². The van der Waals surface area contributed by atoms with Crippen LogP contribution >= 0.6 is 0 Å². The van der Waals surface area contributed by atoms with Gasteiger partial charge in [0.2, 0.25) is 5.91 Å². The molecule has 2 heterocycles. The topological polar surface area (TPSA) is 95.0 Å². The van der Waals surface area contributed by atoms with Crippen molar-refractivity contribution < 1.29 is 24.3 Å². The summed E-state index contributed by atoms with van der Waals surface area (Å²) < 4.78 is 0. The van der Waals surface area contributed by atoms with Gasteiger partial charge in [-0.25, -0.2) is 4.79 Å². The Labute approximate surface area is 138 Å². The molecule has 126 valence electrons. The Hall–Kier alpha value is -2.70. The Morgan fingerprint density at radius 2 is 1.71 bits per heavy atom. The number of aliphatic carboxylic acids is 1. The van der Waals surface area contributed by atoms with Crippen LogP contribution in [0.2, 0.25) is 0 Å². The zero-order valence-electron chi connectivity index (χ0n) is 13.1. The van der Waals surface area contributed by atoms with Crippen molar-refractivity contribution in [3.63, 3.8) is 0 Å². The molecule has 0 saturated carbocycles. The number of carbonyl (C=O) groups excluding carboxylic acids is 3. The first-order valence-electron chi connectivity index (χ1n) is 7.98. The van der Waals surface area contributed by atoms with Crippen LogP contribution < -0.4 is 0 Å². The molecule has 2 aliphatic heterocycles. The van der Waals surface area contributed by atoms with E-state index in [1.807, 2.05) is 0 Å². The van der Waals surface area contributed by atoms with Gasteiger partial charge >= 0.3 is 5.97 Å². The number of hydrogen-bond donors (Lipinski definition) is 1. The largest absolute Gasteiger partial charge is 0.480 e. The standard InChI is InChI=1S/C17H18N2O5/c20-14(18-9-4-3-7-13(18)17(23)24)8-10-19-15(21)11-5-1-2-6-12(11)16(19)22/h1-2,5-6,13H,3-4,7-10H2,(H,23,24). The highest BCUT2D eigenvalue weighted by Gasteiger charge is 2.36. The molecular formula is C17H18N2O5. The summed E-state index contributed by atoms with van der Waals surface area (Å²) in [6.45, 7) is 0.367. The average molecular weight is 330 g/mol. The number of nitrogens with zero attached hydrogens (tertiary/aromatic N) is 2. The molecule has 0 aromatic heterocycles. The number of fused-ring (bicyclic) bond motifs is 1. The van der Waals surface area contributed by atoms with Crippen molar-refractivity contribution >= 4 is 23.7 Å². The van der Waals surface area contributed by atoms with Crippen molar-refractivity contribution in [2.75, 3.05) is 13.1 Å². The summed E-state index contributed by atoms with van der Waals surface area (Å²) in [6, 6.07) is 5.73. The van der Waals surface area contributed by atoms with E-state index in [1.165, 1.54) is 4.90 Å². The number of hydrogen-bond acceptors (Lipinski definition) is 4. The third-order valence-electron chi connectivity index (χ3n) is 4.54. The highest BCUT2D eigenvalue weighted by molar-refractivity contribution is 6.21. The molecule has 0 bridgehead atoms. The maximum Gasteiger partial charge on any atom is 0.326 e. The summed E-state index contributed by atoms with van der Waals surface area (Å²) in [5, 5.41) is 9.23. The van der Waals surface area contributed by atoms with Gasteiger partial charge in [0.25, 0.3) is 11.8 Å². The molecule has 24 heavy (non-hydrogen) atoms. The van der Waals surface area contributed by atoms with Gasteiger partial charge in [-0.05, 0) is 31.4 Å². The maximum atomic E-state index is 12.4. The number of amides is 3. The predicted molar refractivity (Wildman–Crippen MR) is 83.4 cm³/mol. The van der Waals surface area contributed by atoms with Crippen LogP contribution in [0.3, 0.4) is 0 Å². The summed E-state index contributed by atoms with van der Waals surface area (Å²) in [6.07, 6.45) is 1.92. The van der Waals surface area contributed by atoms with Gasteiger partial charge in [0.1, 0.15) is 6.04 Å². The molecule has 2 aliphatic rings. The fraction of sp³-hybridized carbons (Fsp3) is 0.412. The minimum absolute atomic E-state index is 0.0337. The number of carboxylic acids is 1. The predicted octanol–water partition coefficient (Wildman–Crippen LogP) is 1.14. The average Bonchev–Trinajstić information content (AvgIpc) is 2.84. The van der Waals surface area contributed by atoms with E-state index in [0.29, 0.717) is 24.1 Å². The van der Waals surface area contributed by atoms with E-state index in [2.05, 4.69) is 0 Å². The molecule has 1 atom stereocenters. The minimum atomic E-state index is -1.01. The zero-order chi connectivity index (χ0) is 17.3. The Kier molecular flexibility index (Phi) is 4.33. The van der Waals surface area contributed by atoms with E-state index in [-0.39, 0.29) is 18.9 Å². The molecule has 1 saturated heterocycles. The number of carbonyl (C=O) groups is 4. The SMILES string of the molecule is O=C(O)C1CCCCN1C(=O)CCN1C(=O)c2ccccc2C1=O. The lowest BCUT2D eigenvalue weighted by Gasteiger charge is -2.33. The van der Waals surface area contributed by atoms with E-state index in [0.717, 1.165) is 17.7 Å². The Morgan fingerprint density at radius 3 is 2.29 bits per heavy atom. The number of piperidine rings is 1.